The number of hydrogen-bond acceptors (Lipinski definition) is 13. The molecule has 4 saturated carbocycles. The van der Waals surface area contributed by atoms with Crippen LogP contribution in [-0.2, 0) is 23.7 Å². The molecule has 8 aliphatic rings. The van der Waals surface area contributed by atoms with Crippen molar-refractivity contribution in [3.05, 3.63) is 12.2 Å². The van der Waals surface area contributed by atoms with Crippen molar-refractivity contribution >= 4 is 0 Å². The summed E-state index contributed by atoms with van der Waals surface area (Å²) in [5.74, 6) is 0.478. The van der Waals surface area contributed by atoms with Gasteiger partial charge in [-0.25, -0.2) is 0 Å². The number of allylic oxidation sites excluding steroid dienone is 1. The Morgan fingerprint density at radius 1 is 0.727 bits per heavy atom. The van der Waals surface area contributed by atoms with Crippen molar-refractivity contribution in [1.82, 2.24) is 0 Å². The molecule has 0 aromatic heterocycles. The molecule has 0 unspecified atom stereocenters. The van der Waals surface area contributed by atoms with E-state index in [2.05, 4.69) is 53.7 Å². The van der Waals surface area contributed by atoms with Crippen molar-refractivity contribution in [1.29, 1.82) is 0 Å². The zero-order valence-corrected chi connectivity index (χ0v) is 33.7. The minimum Gasteiger partial charge on any atom is -0.396 e. The molecule has 1 spiro atoms. The van der Waals surface area contributed by atoms with Crippen LogP contribution in [0.2, 0.25) is 0 Å². The smallest absolute Gasteiger partial charge is 0.187 e. The summed E-state index contributed by atoms with van der Waals surface area (Å²) in [5.41, 5.74) is -1.84. The van der Waals surface area contributed by atoms with E-state index in [1.165, 1.54) is 0 Å². The van der Waals surface area contributed by atoms with Gasteiger partial charge in [-0.1, -0.05) is 53.7 Å². The summed E-state index contributed by atoms with van der Waals surface area (Å²) < 4.78 is 31.2. The van der Waals surface area contributed by atoms with Gasteiger partial charge in [0.05, 0.1) is 43.7 Å². The van der Waals surface area contributed by atoms with E-state index in [1.54, 1.807) is 6.92 Å². The zero-order chi connectivity index (χ0) is 39.9. The van der Waals surface area contributed by atoms with E-state index in [9.17, 15) is 40.9 Å². The van der Waals surface area contributed by atoms with Crippen molar-refractivity contribution in [3.63, 3.8) is 0 Å². The fraction of sp³-hybridized carbons (Fsp3) is 0.952. The third kappa shape index (κ3) is 5.44. The molecule has 7 fully saturated rings. The third-order valence-electron chi connectivity index (χ3n) is 17.9. The first-order valence-electron chi connectivity index (χ1n) is 20.9. The van der Waals surface area contributed by atoms with Crippen LogP contribution in [0.5, 0.6) is 0 Å². The molecule has 314 valence electrons. The second kappa shape index (κ2) is 13.4. The predicted molar refractivity (Wildman–Crippen MR) is 197 cm³/mol. The molecule has 3 saturated heterocycles. The summed E-state index contributed by atoms with van der Waals surface area (Å²) in [5, 5.41) is 86.6. The normalized spacial score (nSPS) is 59.7. The van der Waals surface area contributed by atoms with Crippen molar-refractivity contribution in [2.75, 3.05) is 19.8 Å². The van der Waals surface area contributed by atoms with Gasteiger partial charge in [0, 0.05) is 22.2 Å². The highest BCUT2D eigenvalue weighted by molar-refractivity contribution is 5.36. The minimum absolute atomic E-state index is 0.0557. The first-order chi connectivity index (χ1) is 25.7. The van der Waals surface area contributed by atoms with E-state index in [-0.39, 0.29) is 51.4 Å². The van der Waals surface area contributed by atoms with Crippen LogP contribution >= 0.6 is 0 Å². The molecule has 21 atom stereocenters. The average molecular weight is 781 g/mol. The van der Waals surface area contributed by atoms with Gasteiger partial charge >= 0.3 is 0 Å². The number of ether oxygens (including phenoxy) is 5. The Morgan fingerprint density at radius 2 is 1.42 bits per heavy atom. The molecule has 0 aromatic rings. The maximum absolute atomic E-state index is 12.1. The Hall–Kier alpha value is -0.780. The van der Waals surface area contributed by atoms with Crippen molar-refractivity contribution in [3.8, 4) is 0 Å². The van der Waals surface area contributed by atoms with Gasteiger partial charge < -0.3 is 64.5 Å². The Balaban J connectivity index is 1.02. The van der Waals surface area contributed by atoms with Crippen molar-refractivity contribution in [2.24, 2.45) is 50.2 Å². The molecule has 8 rings (SSSR count). The van der Waals surface area contributed by atoms with Gasteiger partial charge in [0.25, 0.3) is 0 Å². The first-order valence-corrected chi connectivity index (χ1v) is 20.9. The molecule has 8 N–H and O–H groups in total. The highest BCUT2D eigenvalue weighted by atomic mass is 16.7. The SMILES string of the molecule is C[C@@H]1O[C@@H](O[C@H]2CC[C@@]3(C)[C@@H](CC[C@]4(C)[C@@H]3C=C[C@]35OC[C@@]6(CCC(C)(C)C[C@H]63)[C@H](O)C[C@]54C)[C@]2(C)CO)[C@@H](O)[C@H](O)[C@@H]1O[C@@H]1O[C@H](CO)[C@@H](O)[C@H](O)[C@H]1O. The largest absolute Gasteiger partial charge is 0.396 e. The van der Waals surface area contributed by atoms with E-state index in [1.807, 2.05) is 0 Å². The summed E-state index contributed by atoms with van der Waals surface area (Å²) in [6.07, 6.45) is -3.11. The highest BCUT2D eigenvalue weighted by Gasteiger charge is 2.79. The van der Waals surface area contributed by atoms with Crippen LogP contribution in [0.3, 0.4) is 0 Å². The fourth-order valence-electron chi connectivity index (χ4n) is 14.3. The Kier molecular flexibility index (Phi) is 9.95. The molecule has 3 heterocycles. The Labute approximate surface area is 325 Å². The van der Waals surface area contributed by atoms with Gasteiger partial charge in [-0.15, -0.1) is 0 Å². The van der Waals surface area contributed by atoms with E-state index in [4.69, 9.17) is 23.7 Å². The molecule has 55 heavy (non-hydrogen) atoms. The van der Waals surface area contributed by atoms with Gasteiger partial charge in [0.2, 0.25) is 0 Å². The second-order valence-electron chi connectivity index (χ2n) is 21.0. The molecule has 13 heteroatoms. The standard InChI is InChI=1S/C42H68O13/c1-21-33(55-35-31(49)29(47)28(46)22(18-43)53-35)30(48)32(50)34(52-21)54-27-10-11-37(4)23(38(27,5)19-44)8-12-39(6)24(37)9-13-42-25-16-36(2,3)14-15-41(25,20-51-42)26(45)17-40(39,42)7/h9,13,21-35,43-50H,8,10-12,14-20H2,1-7H3/t21-,22+,23+,24+,25+,26+,27-,28+,29-,30-,31+,32-,33+,34-,35-,37-,38-,39+,40-,41+,42-/m0/s1. The monoisotopic (exact) mass is 780 g/mol. The first kappa shape index (κ1) is 41.0. The number of rotatable bonds is 6. The van der Waals surface area contributed by atoms with Gasteiger partial charge in [-0.2, -0.15) is 0 Å². The molecule has 3 aliphatic heterocycles. The van der Waals surface area contributed by atoms with Gasteiger partial charge in [-0.05, 0) is 86.4 Å². The molecular weight excluding hydrogens is 712 g/mol. The molecule has 5 aliphatic carbocycles. The summed E-state index contributed by atoms with van der Waals surface area (Å²) in [6, 6.07) is 0. The summed E-state index contributed by atoms with van der Waals surface area (Å²) in [6.45, 7) is 15.5. The topological polar surface area (TPSA) is 208 Å². The quantitative estimate of drug-likeness (QED) is 0.143. The number of aliphatic hydroxyl groups excluding tert-OH is 8. The van der Waals surface area contributed by atoms with Crippen LogP contribution in [0, 0.1) is 50.2 Å². The lowest BCUT2D eigenvalue weighted by Gasteiger charge is -2.73. The van der Waals surface area contributed by atoms with Gasteiger partial charge in [0.15, 0.2) is 12.6 Å². The molecular formula is C42H68O13. The van der Waals surface area contributed by atoms with Gasteiger partial charge in [-0.3, -0.25) is 0 Å². The Bertz CT molecular complexity index is 1490. The summed E-state index contributed by atoms with van der Waals surface area (Å²) >= 11 is 0. The summed E-state index contributed by atoms with van der Waals surface area (Å²) in [7, 11) is 0. The number of hydrogen-bond donors (Lipinski definition) is 8. The third-order valence-corrected chi connectivity index (χ3v) is 17.9. The molecule has 0 radical (unpaired) electrons. The zero-order valence-electron chi connectivity index (χ0n) is 33.7. The lowest BCUT2D eigenvalue weighted by Crippen LogP contribution is -2.72. The van der Waals surface area contributed by atoms with E-state index in [0.29, 0.717) is 19.4 Å². The van der Waals surface area contributed by atoms with Crippen LogP contribution in [0.1, 0.15) is 99.8 Å². The molecule has 0 aromatic carbocycles. The number of fused-ring (bicyclic) bond motifs is 4. The maximum Gasteiger partial charge on any atom is 0.187 e. The lowest BCUT2D eigenvalue weighted by atomic mass is 9.32. The lowest BCUT2D eigenvalue weighted by molar-refractivity contribution is -0.365. The Morgan fingerprint density at radius 3 is 2.11 bits per heavy atom. The minimum atomic E-state index is -1.68. The van der Waals surface area contributed by atoms with E-state index < -0.39 is 91.2 Å². The highest BCUT2D eigenvalue weighted by Crippen LogP contribution is 2.79. The van der Waals surface area contributed by atoms with Crippen LogP contribution < -0.4 is 0 Å². The van der Waals surface area contributed by atoms with E-state index in [0.717, 1.165) is 38.5 Å². The molecule has 2 bridgehead atoms. The average Bonchev–Trinajstić information content (AvgIpc) is 3.41. The van der Waals surface area contributed by atoms with Crippen LogP contribution in [-0.4, -0.2) is 140 Å². The van der Waals surface area contributed by atoms with Gasteiger partial charge in [0.1, 0.15) is 42.7 Å². The van der Waals surface area contributed by atoms with Crippen LogP contribution in [0.25, 0.3) is 0 Å². The summed E-state index contributed by atoms with van der Waals surface area (Å²) in [4.78, 5) is 0. The van der Waals surface area contributed by atoms with Crippen LogP contribution in [0.4, 0.5) is 0 Å². The second-order valence-corrected chi connectivity index (χ2v) is 21.0. The maximum atomic E-state index is 12.1. The molecule has 0 amide bonds. The van der Waals surface area contributed by atoms with Crippen molar-refractivity contribution in [2.45, 2.75) is 179 Å². The number of aliphatic hydroxyl groups is 8. The van der Waals surface area contributed by atoms with Crippen LogP contribution in [0.15, 0.2) is 12.2 Å². The van der Waals surface area contributed by atoms with Crippen molar-refractivity contribution < 1.29 is 64.5 Å². The predicted octanol–water partition coefficient (Wildman–Crippen LogP) is 1.78. The molecule has 13 nitrogen and oxygen atoms in total. The van der Waals surface area contributed by atoms with E-state index >= 15 is 0 Å². The fourth-order valence-corrected chi connectivity index (χ4v) is 14.3.